The number of carbonyl (C=O) groups is 1. The fraction of sp³-hybridized carbons (Fsp3) is 0.0526. The van der Waals surface area contributed by atoms with Gasteiger partial charge < -0.3 is 13.6 Å². The van der Waals surface area contributed by atoms with Gasteiger partial charge in [-0.2, -0.15) is 0 Å². The maximum atomic E-state index is 12.4. The number of aryl methyl sites for hydroxylation is 1. The molecule has 26 heavy (non-hydrogen) atoms. The minimum atomic E-state index is -0.643. The lowest BCUT2D eigenvalue weighted by molar-refractivity contribution is 0.0703. The number of ether oxygens (including phenoxy) is 1. The minimum Gasteiger partial charge on any atom is -0.462 e. The highest BCUT2D eigenvalue weighted by Crippen LogP contribution is 2.29. The number of carbonyl (C=O) groups excluding carboxylic acids is 1. The predicted molar refractivity (Wildman–Crippen MR) is 101 cm³/mol. The molecule has 0 unspecified atom stereocenters. The van der Waals surface area contributed by atoms with E-state index in [1.807, 2.05) is 12.1 Å². The van der Waals surface area contributed by atoms with Crippen molar-refractivity contribution in [3.8, 4) is 5.75 Å². The van der Waals surface area contributed by atoms with Gasteiger partial charge in [0.15, 0.2) is 0 Å². The first-order chi connectivity index (χ1) is 12.4. The molecule has 0 spiro atoms. The van der Waals surface area contributed by atoms with E-state index in [0.29, 0.717) is 22.1 Å². The Labute approximate surface area is 160 Å². The molecular formula is C19H10BrClO5. The van der Waals surface area contributed by atoms with E-state index in [4.69, 9.17) is 25.2 Å². The number of rotatable bonds is 2. The summed E-state index contributed by atoms with van der Waals surface area (Å²) in [6, 6.07) is 10.1. The van der Waals surface area contributed by atoms with Gasteiger partial charge in [0.2, 0.25) is 11.2 Å². The van der Waals surface area contributed by atoms with Crippen molar-refractivity contribution in [3.05, 3.63) is 73.7 Å². The van der Waals surface area contributed by atoms with Crippen molar-refractivity contribution in [1.82, 2.24) is 0 Å². The maximum absolute atomic E-state index is 12.4. The second-order valence-corrected chi connectivity index (χ2v) is 6.98. The van der Waals surface area contributed by atoms with Crippen molar-refractivity contribution in [2.75, 3.05) is 0 Å². The van der Waals surface area contributed by atoms with E-state index in [2.05, 4.69) is 15.9 Å². The molecule has 0 N–H and O–H groups in total. The van der Waals surface area contributed by atoms with Gasteiger partial charge in [0.1, 0.15) is 28.2 Å². The molecule has 4 rings (SSSR count). The summed E-state index contributed by atoms with van der Waals surface area (Å²) < 4.78 is 17.2. The normalized spacial score (nSPS) is 11.2. The van der Waals surface area contributed by atoms with E-state index in [1.54, 1.807) is 19.1 Å². The molecule has 0 bridgehead atoms. The first-order valence-corrected chi connectivity index (χ1v) is 8.73. The molecule has 4 aromatic rings. The van der Waals surface area contributed by atoms with E-state index in [0.717, 1.165) is 9.86 Å². The second-order valence-electron chi connectivity index (χ2n) is 5.66. The molecule has 0 aliphatic rings. The van der Waals surface area contributed by atoms with Gasteiger partial charge in [-0.15, -0.1) is 0 Å². The molecule has 0 amide bonds. The molecule has 0 saturated heterocycles. The highest BCUT2D eigenvalue weighted by atomic mass is 79.9. The molecule has 0 saturated carbocycles. The highest BCUT2D eigenvalue weighted by Gasteiger charge is 2.18. The zero-order valence-corrected chi connectivity index (χ0v) is 15.7. The molecule has 0 atom stereocenters. The zero-order valence-electron chi connectivity index (χ0n) is 13.3. The van der Waals surface area contributed by atoms with E-state index in [-0.39, 0.29) is 22.0 Å². The molecule has 7 heteroatoms. The number of benzene rings is 2. The lowest BCUT2D eigenvalue weighted by Crippen LogP contribution is -2.09. The molecule has 0 radical (unpaired) electrons. The molecule has 2 heterocycles. The summed E-state index contributed by atoms with van der Waals surface area (Å²) >= 11 is 9.16. The standard InChI is InChI=1S/C19H10BrClO5/c1-9-14(5-3-12-17(22)13(21)8-24-18(9)12)26-19(23)16-7-10-6-11(20)2-4-15(10)25-16/h2-8H,1H3. The average Bonchev–Trinajstić information content (AvgIpc) is 3.04. The Balaban J connectivity index is 1.71. The third kappa shape index (κ3) is 2.81. The fourth-order valence-corrected chi connectivity index (χ4v) is 3.20. The van der Waals surface area contributed by atoms with Gasteiger partial charge in [-0.25, -0.2) is 4.79 Å². The molecule has 5 nitrogen and oxygen atoms in total. The largest absolute Gasteiger partial charge is 0.462 e. The van der Waals surface area contributed by atoms with E-state index >= 15 is 0 Å². The van der Waals surface area contributed by atoms with Crippen LogP contribution in [0.15, 0.2) is 60.8 Å². The third-order valence-electron chi connectivity index (χ3n) is 3.98. The van der Waals surface area contributed by atoms with Crippen molar-refractivity contribution in [3.63, 3.8) is 0 Å². The zero-order chi connectivity index (χ0) is 18.4. The van der Waals surface area contributed by atoms with Gasteiger partial charge in [-0.05, 0) is 43.3 Å². The Kier molecular flexibility index (Phi) is 4.09. The number of esters is 1. The van der Waals surface area contributed by atoms with E-state index < -0.39 is 5.97 Å². The van der Waals surface area contributed by atoms with Crippen molar-refractivity contribution < 1.29 is 18.4 Å². The number of hydrogen-bond donors (Lipinski definition) is 0. The summed E-state index contributed by atoms with van der Waals surface area (Å²) in [5, 5.41) is 1.10. The predicted octanol–water partition coefficient (Wildman–Crippen LogP) is 5.48. The summed E-state index contributed by atoms with van der Waals surface area (Å²) in [6.45, 7) is 1.69. The monoisotopic (exact) mass is 432 g/mol. The van der Waals surface area contributed by atoms with Gasteiger partial charge in [0.25, 0.3) is 0 Å². The summed E-state index contributed by atoms with van der Waals surface area (Å²) in [4.78, 5) is 24.5. The van der Waals surface area contributed by atoms with Gasteiger partial charge in [-0.3, -0.25) is 4.79 Å². The molecule has 130 valence electrons. The van der Waals surface area contributed by atoms with Crippen molar-refractivity contribution >= 4 is 55.4 Å². The molecule has 0 fully saturated rings. The summed E-state index contributed by atoms with van der Waals surface area (Å²) in [5.41, 5.74) is 1.08. The first-order valence-electron chi connectivity index (χ1n) is 7.56. The van der Waals surface area contributed by atoms with Gasteiger partial charge in [-0.1, -0.05) is 27.5 Å². The maximum Gasteiger partial charge on any atom is 0.379 e. The topological polar surface area (TPSA) is 69.7 Å². The summed E-state index contributed by atoms with van der Waals surface area (Å²) in [5.74, 6) is -0.291. The SMILES string of the molecule is Cc1c(OC(=O)c2cc3cc(Br)ccc3o2)ccc2c(=O)c(Cl)coc12. The molecule has 0 aliphatic heterocycles. The van der Waals surface area contributed by atoms with Crippen molar-refractivity contribution in [2.24, 2.45) is 0 Å². The number of hydrogen-bond acceptors (Lipinski definition) is 5. The lowest BCUT2D eigenvalue weighted by atomic mass is 10.1. The molecule has 2 aromatic carbocycles. The lowest BCUT2D eigenvalue weighted by Gasteiger charge is -2.08. The van der Waals surface area contributed by atoms with Gasteiger partial charge >= 0.3 is 5.97 Å². The Hall–Kier alpha value is -2.57. The Morgan fingerprint density at radius 2 is 2.00 bits per heavy atom. The van der Waals surface area contributed by atoms with Gasteiger partial charge in [0, 0.05) is 15.4 Å². The van der Waals surface area contributed by atoms with Crippen LogP contribution in [0.5, 0.6) is 5.75 Å². The van der Waals surface area contributed by atoms with Crippen LogP contribution in [-0.4, -0.2) is 5.97 Å². The second kappa shape index (κ2) is 6.30. The van der Waals surface area contributed by atoms with Crippen molar-refractivity contribution in [2.45, 2.75) is 6.92 Å². The highest BCUT2D eigenvalue weighted by molar-refractivity contribution is 9.10. The van der Waals surface area contributed by atoms with Crippen LogP contribution in [0.2, 0.25) is 5.02 Å². The van der Waals surface area contributed by atoms with Crippen molar-refractivity contribution in [1.29, 1.82) is 0 Å². The molecular weight excluding hydrogens is 424 g/mol. The van der Waals surface area contributed by atoms with Gasteiger partial charge in [0.05, 0.1) is 5.39 Å². The van der Waals surface area contributed by atoms with Crippen LogP contribution in [0.3, 0.4) is 0 Å². The minimum absolute atomic E-state index is 0.00455. The molecule has 2 aromatic heterocycles. The van der Waals surface area contributed by atoms with Crippen LogP contribution in [0.4, 0.5) is 0 Å². The van der Waals surface area contributed by atoms with Crippen LogP contribution in [0.25, 0.3) is 21.9 Å². The smallest absolute Gasteiger partial charge is 0.379 e. The summed E-state index contributed by atoms with van der Waals surface area (Å²) in [6.07, 6.45) is 1.17. The number of halogens is 2. The Bertz CT molecular complexity index is 1240. The van der Waals surface area contributed by atoms with Crippen LogP contribution in [0, 0.1) is 6.92 Å². The van der Waals surface area contributed by atoms with Crippen LogP contribution in [0.1, 0.15) is 16.1 Å². The Morgan fingerprint density at radius 3 is 2.81 bits per heavy atom. The average molecular weight is 434 g/mol. The van der Waals surface area contributed by atoms with Crippen LogP contribution < -0.4 is 10.2 Å². The van der Waals surface area contributed by atoms with Crippen LogP contribution in [-0.2, 0) is 0 Å². The van der Waals surface area contributed by atoms with Crippen LogP contribution >= 0.6 is 27.5 Å². The number of furan rings is 1. The quantitative estimate of drug-likeness (QED) is 0.309. The fourth-order valence-electron chi connectivity index (χ4n) is 2.67. The first kappa shape index (κ1) is 16.9. The molecule has 0 aliphatic carbocycles. The Morgan fingerprint density at radius 1 is 1.19 bits per heavy atom. The van der Waals surface area contributed by atoms with E-state index in [1.165, 1.54) is 18.4 Å². The summed E-state index contributed by atoms with van der Waals surface area (Å²) in [7, 11) is 0. The van der Waals surface area contributed by atoms with E-state index in [9.17, 15) is 9.59 Å². The number of fused-ring (bicyclic) bond motifs is 2. The third-order valence-corrected chi connectivity index (χ3v) is 4.73.